The van der Waals surface area contributed by atoms with E-state index in [1.807, 2.05) is 0 Å². The fourth-order valence-electron chi connectivity index (χ4n) is 9.81. The van der Waals surface area contributed by atoms with Gasteiger partial charge in [0.05, 0.1) is 17.7 Å². The Bertz CT molecular complexity index is 1840. The minimum atomic E-state index is -7.10. The van der Waals surface area contributed by atoms with E-state index in [1.165, 1.54) is 161 Å². The summed E-state index contributed by atoms with van der Waals surface area (Å²) >= 11 is -1.45. The number of benzene rings is 2. The SMILES string of the molecule is CCCCCCCC[CH2][Al-]([CH2]CCCCCCCC)([CH2]CCCCCCCC)[CH2]CCCCCCCC.CC[NH2+]C(F)(F)C(F)(F)F.Fc1c(F)c(F)c(-c2c(C(F)(F)F)c(F)c(F)c(F)c2C(F)(F)C(F)(F)F)c(F)c1F. The molecule has 2 aromatic carbocycles. The Hall–Kier alpha value is -2.54. The highest BCUT2D eigenvalue weighted by Gasteiger charge is 2.64. The lowest BCUT2D eigenvalue weighted by molar-refractivity contribution is -0.808. The van der Waals surface area contributed by atoms with Gasteiger partial charge in [-0.05, 0) is 6.92 Å². The van der Waals surface area contributed by atoms with Crippen molar-refractivity contribution in [2.75, 3.05) is 6.54 Å². The quantitative estimate of drug-likeness (QED) is 0.0175. The summed E-state index contributed by atoms with van der Waals surface area (Å²) in [4.78, 5) is 0. The second-order valence-electron chi connectivity index (χ2n) is 20.7. The molecule has 2 N–H and O–H groups in total. The summed E-state index contributed by atoms with van der Waals surface area (Å²) < 4.78 is 271. The van der Waals surface area contributed by atoms with Crippen molar-refractivity contribution in [3.8, 4) is 11.1 Å². The molecular formula is C55H83AlF21N. The highest BCUT2D eigenvalue weighted by molar-refractivity contribution is 6.79. The molecule has 0 amide bonds. The number of nitrogens with two attached hydrogens (primary N) is 1. The molecular weight excluding hydrogens is 1100 g/mol. The topological polar surface area (TPSA) is 16.6 Å². The van der Waals surface area contributed by atoms with Crippen molar-refractivity contribution in [1.29, 1.82) is 0 Å². The molecule has 458 valence electrons. The maximum absolute atomic E-state index is 13.9. The fourth-order valence-corrected chi connectivity index (χ4v) is 16.2. The second kappa shape index (κ2) is 37.5. The normalized spacial score (nSPS) is 12.7. The van der Waals surface area contributed by atoms with Crippen LogP contribution in [0.2, 0.25) is 21.1 Å². The summed E-state index contributed by atoms with van der Waals surface area (Å²) in [5, 5.41) is 6.78. The molecule has 0 aliphatic heterocycles. The predicted molar refractivity (Wildman–Crippen MR) is 267 cm³/mol. The molecule has 0 fully saturated rings. The molecule has 0 aromatic heterocycles. The van der Waals surface area contributed by atoms with E-state index < -0.39 is 112 Å². The van der Waals surface area contributed by atoms with Gasteiger partial charge in [0, 0.05) is 5.56 Å². The summed E-state index contributed by atoms with van der Waals surface area (Å²) in [6.45, 7) is 10.3. The number of unbranched alkanes of at least 4 members (excludes halogenated alkanes) is 24. The zero-order valence-electron chi connectivity index (χ0n) is 45.9. The first-order valence-corrected chi connectivity index (χ1v) is 31.4. The van der Waals surface area contributed by atoms with E-state index in [1.54, 1.807) is 46.8 Å². The Morgan fingerprint density at radius 3 is 0.795 bits per heavy atom. The number of hydrogen-bond donors (Lipinski definition) is 1. The average molecular weight is 1180 g/mol. The highest BCUT2D eigenvalue weighted by atomic mass is 27.2. The zero-order valence-corrected chi connectivity index (χ0v) is 47.1. The molecule has 0 saturated heterocycles. The van der Waals surface area contributed by atoms with Gasteiger partial charge in [-0.25, -0.2) is 35.1 Å². The van der Waals surface area contributed by atoms with Gasteiger partial charge in [-0.3, -0.25) is 5.32 Å². The maximum atomic E-state index is 13.9. The van der Waals surface area contributed by atoms with Crippen LogP contribution in [0.1, 0.15) is 226 Å². The Labute approximate surface area is 450 Å². The number of rotatable bonds is 36. The molecule has 0 bridgehead atoms. The average Bonchev–Trinajstić information content (AvgIpc) is 3.35. The van der Waals surface area contributed by atoms with Gasteiger partial charge in [-0.2, -0.15) is 69.4 Å². The summed E-state index contributed by atoms with van der Waals surface area (Å²) in [7, 11) is 0. The van der Waals surface area contributed by atoms with Gasteiger partial charge in [0.1, 0.15) is 18.6 Å². The molecule has 0 spiro atoms. The number of alkyl halides is 13. The monoisotopic (exact) mass is 1180 g/mol. The van der Waals surface area contributed by atoms with Crippen molar-refractivity contribution >= 4 is 13.1 Å². The molecule has 0 saturated carbocycles. The van der Waals surface area contributed by atoms with Crippen molar-refractivity contribution < 1.29 is 97.5 Å². The van der Waals surface area contributed by atoms with Crippen molar-refractivity contribution in [3.63, 3.8) is 0 Å². The van der Waals surface area contributed by atoms with Crippen molar-refractivity contribution in [2.45, 2.75) is 266 Å². The van der Waals surface area contributed by atoms with Crippen molar-refractivity contribution in [3.05, 3.63) is 57.7 Å². The summed E-state index contributed by atoms with van der Waals surface area (Å²) in [5.41, 5.74) is -14.2. The molecule has 0 unspecified atom stereocenters. The number of halogens is 21. The molecule has 0 radical (unpaired) electrons. The largest absolute Gasteiger partial charge is 0.514 e. The summed E-state index contributed by atoms with van der Waals surface area (Å²) in [6, 6.07) is -4.64. The predicted octanol–water partition coefficient (Wildman–Crippen LogP) is 22.3. The van der Waals surface area contributed by atoms with Gasteiger partial charge in [-0.1, -0.05) is 207 Å². The Kier molecular flexibility index (Phi) is 36.3. The van der Waals surface area contributed by atoms with Crippen LogP contribution in [0.3, 0.4) is 0 Å². The van der Waals surface area contributed by atoms with Crippen molar-refractivity contribution in [1.82, 2.24) is 0 Å². The van der Waals surface area contributed by atoms with Gasteiger partial charge in [0.25, 0.3) is 0 Å². The van der Waals surface area contributed by atoms with Crippen LogP contribution in [0.5, 0.6) is 0 Å². The third kappa shape index (κ3) is 25.3. The van der Waals surface area contributed by atoms with Crippen LogP contribution in [-0.4, -0.2) is 38.0 Å². The molecule has 78 heavy (non-hydrogen) atoms. The molecule has 2 rings (SSSR count). The minimum Gasteiger partial charge on any atom is -0.277 e. The summed E-state index contributed by atoms with van der Waals surface area (Å²) in [6.07, 6.45) is 22.7. The lowest BCUT2D eigenvalue weighted by Crippen LogP contribution is -2.97. The van der Waals surface area contributed by atoms with Crippen LogP contribution in [0, 0.1) is 46.5 Å². The van der Waals surface area contributed by atoms with E-state index in [-0.39, 0.29) is 11.9 Å². The van der Waals surface area contributed by atoms with E-state index >= 15 is 0 Å². The third-order valence-corrected chi connectivity index (χ3v) is 20.8. The Morgan fingerprint density at radius 1 is 0.295 bits per heavy atom. The zero-order chi connectivity index (χ0) is 60.0. The summed E-state index contributed by atoms with van der Waals surface area (Å²) in [5.74, 6) is -34.1. The van der Waals surface area contributed by atoms with Gasteiger partial charge >= 0.3 is 30.5 Å². The first-order valence-electron chi connectivity index (χ1n) is 28.1. The second-order valence-corrected chi connectivity index (χ2v) is 26.5. The number of hydrogen-bond acceptors (Lipinski definition) is 0. The van der Waals surface area contributed by atoms with Crippen LogP contribution in [0.15, 0.2) is 0 Å². The Morgan fingerprint density at radius 2 is 0.551 bits per heavy atom. The molecule has 0 heterocycles. The van der Waals surface area contributed by atoms with Crippen LogP contribution in [0.25, 0.3) is 11.1 Å². The van der Waals surface area contributed by atoms with Crippen LogP contribution < -0.4 is 5.32 Å². The van der Waals surface area contributed by atoms with E-state index in [0.29, 0.717) is 0 Å². The highest BCUT2D eigenvalue weighted by Crippen LogP contribution is 2.54. The van der Waals surface area contributed by atoms with E-state index in [4.69, 9.17) is 0 Å². The van der Waals surface area contributed by atoms with Gasteiger partial charge in [0.2, 0.25) is 5.82 Å². The van der Waals surface area contributed by atoms with Gasteiger partial charge in [0.15, 0.2) is 40.7 Å². The van der Waals surface area contributed by atoms with Gasteiger partial charge in [-0.15, -0.1) is 8.78 Å². The molecule has 2 aromatic rings. The first kappa shape index (κ1) is 75.5. The van der Waals surface area contributed by atoms with Crippen LogP contribution in [0.4, 0.5) is 92.2 Å². The minimum absolute atomic E-state index is 0.0625. The standard InChI is InChI=1S/C15F16.4C9H19.C4H6F5N.Al/c16-5-2(6(17)10(21)12(23)9(5)20)1-3(13(24,25)15(29,30)31)7(18)11(22)8(19)4(1)14(26,27)28;4*1-3-5-7-9-8-6-4-2;1-2-10-4(8,9)3(5,6)7;/h;4*1,3-9H2,2H3;10H,2H2,1H3;/q;;;;;;-1/p+1. The smallest absolute Gasteiger partial charge is 0.277 e. The lowest BCUT2D eigenvalue weighted by atomic mass is 9.88. The Balaban J connectivity index is 0.00000130. The van der Waals surface area contributed by atoms with Crippen LogP contribution in [-0.2, 0) is 12.1 Å². The third-order valence-electron chi connectivity index (χ3n) is 14.3. The molecule has 0 aliphatic carbocycles. The van der Waals surface area contributed by atoms with Crippen molar-refractivity contribution in [2.24, 2.45) is 0 Å². The molecule has 23 heteroatoms. The lowest BCUT2D eigenvalue weighted by Gasteiger charge is -2.37. The van der Waals surface area contributed by atoms with E-state index in [9.17, 15) is 92.2 Å². The van der Waals surface area contributed by atoms with E-state index in [2.05, 4.69) is 27.7 Å². The molecule has 0 atom stereocenters. The first-order chi connectivity index (χ1) is 36.3. The van der Waals surface area contributed by atoms with E-state index in [0.717, 1.165) is 0 Å². The van der Waals surface area contributed by atoms with Crippen LogP contribution >= 0.6 is 0 Å². The molecule has 0 aliphatic rings. The number of quaternary nitrogens is 1. The molecule has 1 nitrogen and oxygen atoms in total. The van der Waals surface area contributed by atoms with Gasteiger partial charge < -0.3 is 0 Å². The fraction of sp³-hybridized carbons (Fsp3) is 0.782. The maximum Gasteiger partial charge on any atom is 0.514 e.